The fourth-order valence-electron chi connectivity index (χ4n) is 0.750. The summed E-state index contributed by atoms with van der Waals surface area (Å²) >= 11 is 0. The predicted molar refractivity (Wildman–Crippen MR) is 326 cm³/mol. The highest BCUT2D eigenvalue weighted by Crippen LogP contribution is 1.51. The van der Waals surface area contributed by atoms with Gasteiger partial charge < -0.3 is 96.3 Å². The number of hydrogen-bond acceptors (Lipinski definition) is 26. The van der Waals surface area contributed by atoms with Crippen LogP contribution in [0.3, 0.4) is 0 Å². The van der Waals surface area contributed by atoms with Crippen molar-refractivity contribution in [3.05, 3.63) is 0 Å². The normalized spacial score (nSPS) is 5.28. The second-order valence-electron chi connectivity index (χ2n) is 7.65. The van der Waals surface area contributed by atoms with E-state index in [0.29, 0.717) is 0 Å². The van der Waals surface area contributed by atoms with Crippen LogP contribution in [0.1, 0.15) is 41.5 Å². The lowest BCUT2D eigenvalue weighted by Gasteiger charge is -1.91. The van der Waals surface area contributed by atoms with E-state index >= 15 is 0 Å². The Morgan fingerprint density at radius 3 is 0.293 bits per heavy atom. The van der Waals surface area contributed by atoms with Gasteiger partial charge in [0.05, 0.1) is 0 Å². The number of carbonyl (C=O) groups is 8. The second-order valence-corrected chi connectivity index (χ2v) is 7.65. The number of nitrogens with zero attached hydrogens (tertiary/aromatic N) is 7. The smallest absolute Gasteiger partial charge is 0.314 e. The molecule has 0 bridgehead atoms. The first-order valence-corrected chi connectivity index (χ1v) is 22.3. The topological polar surface area (TPSA) is 591 Å². The Labute approximate surface area is 487 Å². The van der Waals surface area contributed by atoms with Gasteiger partial charge in [0, 0.05) is 134 Å². The van der Waals surface area contributed by atoms with Crippen LogP contribution in [0, 0.1) is 0 Å². The summed E-state index contributed by atoms with van der Waals surface area (Å²) in [6.45, 7) is 10.9. The van der Waals surface area contributed by atoms with E-state index < -0.39 is 0 Å². The summed E-state index contributed by atoms with van der Waals surface area (Å²) in [5.41, 5.74) is 18.0. The standard InChI is InChI=1S/6C3H8N2O.7C2H3NO.2C2H4O.2C2H6.4CH5N/c6*1-4-3(6)5-2;7*1-3-2-4;2*1-2-3;6*1-2/h6*1-2H3,(H2,4,5,6);7*1H3;2*2H,1H3;2*1-2H3;4*2H2,1H3. The zero-order valence-electron chi connectivity index (χ0n) is 54.2. The van der Waals surface area contributed by atoms with Crippen molar-refractivity contribution in [2.75, 3.05) is 162 Å². The molecule has 0 heterocycles. The molecule has 0 aromatic carbocycles. The number of urea groups is 6. The van der Waals surface area contributed by atoms with Gasteiger partial charge in [0.1, 0.15) is 12.6 Å². The number of rotatable bonds is 0. The summed E-state index contributed by atoms with van der Waals surface area (Å²) in [6, 6.07) is -0.944. The third-order valence-corrected chi connectivity index (χ3v) is 3.36. The first kappa shape index (κ1) is 140. The highest BCUT2D eigenvalue weighted by molar-refractivity contribution is 5.74. The van der Waals surface area contributed by atoms with Gasteiger partial charge in [-0.3, -0.25) is 0 Å². The lowest BCUT2D eigenvalue weighted by Crippen LogP contribution is -2.28. The molecule has 12 amide bonds. The second kappa shape index (κ2) is 267. The van der Waals surface area contributed by atoms with Crippen LogP contribution in [-0.4, -0.2) is 253 Å². The number of aliphatic imine (C=N–C) groups is 7. The van der Waals surface area contributed by atoms with Gasteiger partial charge in [-0.25, -0.2) is 97.3 Å². The summed E-state index contributed by atoms with van der Waals surface area (Å²) in [5, 5.41) is 28.4. The number of isocyanates is 7. The molecule has 38 nitrogen and oxygen atoms in total. The average molecular weight is 1200 g/mol. The molecular formula is C44H109N23O15. The van der Waals surface area contributed by atoms with Crippen molar-refractivity contribution in [3.8, 4) is 0 Å². The van der Waals surface area contributed by atoms with Crippen molar-refractivity contribution < 1.29 is 71.9 Å². The van der Waals surface area contributed by atoms with Gasteiger partial charge in [0.15, 0.2) is 0 Å². The summed E-state index contributed by atoms with van der Waals surface area (Å²) in [5.74, 6) is 0. The van der Waals surface area contributed by atoms with Gasteiger partial charge >= 0.3 is 36.2 Å². The Morgan fingerprint density at radius 1 is 0.256 bits per heavy atom. The third kappa shape index (κ3) is 738. The van der Waals surface area contributed by atoms with E-state index in [1.165, 1.54) is 134 Å². The van der Waals surface area contributed by atoms with Crippen LogP contribution in [0.25, 0.3) is 0 Å². The SMILES string of the molecule is CC.CC.CC=O.CC=O.CN.CN.CN.CN.CN=C=O.CN=C=O.CN=C=O.CN=C=O.CN=C=O.CN=C=O.CN=C=O.CNC(=O)NC.CNC(=O)NC.CNC(=O)NC.CNC(=O)NC.CNC(=O)NC.CNC(=O)NC. The van der Waals surface area contributed by atoms with Gasteiger partial charge in [-0.2, -0.15) is 0 Å². The first-order chi connectivity index (χ1) is 39.1. The van der Waals surface area contributed by atoms with Crippen molar-refractivity contribution in [1.82, 2.24) is 63.8 Å². The first-order valence-electron chi connectivity index (χ1n) is 22.3. The zero-order valence-corrected chi connectivity index (χ0v) is 54.2. The molecule has 0 aromatic rings. The van der Waals surface area contributed by atoms with Gasteiger partial charge in [-0.1, -0.05) is 27.7 Å². The fraction of sp³-hybridized carbons (Fsp3) is 0.659. The molecule has 0 aliphatic carbocycles. The summed E-state index contributed by atoms with van der Waals surface area (Å²) in [6.07, 6.45) is 10.6. The molecule has 82 heavy (non-hydrogen) atoms. The number of hydrogen-bond donors (Lipinski definition) is 16. The molecule has 0 aliphatic heterocycles. The Bertz CT molecular complexity index is 1190. The van der Waals surface area contributed by atoms with Crippen molar-refractivity contribution in [2.24, 2.45) is 57.9 Å². The van der Waals surface area contributed by atoms with Crippen LogP contribution in [0.15, 0.2) is 34.9 Å². The maximum atomic E-state index is 9.96. The van der Waals surface area contributed by atoms with E-state index in [0.717, 1.165) is 12.6 Å². The maximum Gasteiger partial charge on any atom is 0.314 e. The van der Waals surface area contributed by atoms with Crippen molar-refractivity contribution in [1.29, 1.82) is 0 Å². The van der Waals surface area contributed by atoms with Crippen LogP contribution < -0.4 is 86.7 Å². The average Bonchev–Trinajstić information content (AvgIpc) is 3.57. The molecule has 0 saturated heterocycles. The van der Waals surface area contributed by atoms with Crippen LogP contribution >= 0.6 is 0 Å². The molecule has 0 fully saturated rings. The Morgan fingerprint density at radius 2 is 0.293 bits per heavy atom. The monoisotopic (exact) mass is 1200 g/mol. The maximum absolute atomic E-state index is 9.96. The molecule has 0 spiro atoms. The van der Waals surface area contributed by atoms with E-state index in [-0.39, 0.29) is 36.2 Å². The minimum absolute atomic E-state index is 0.157. The number of amides is 12. The van der Waals surface area contributed by atoms with Crippen LogP contribution in [0.2, 0.25) is 0 Å². The summed E-state index contributed by atoms with van der Waals surface area (Å²) in [4.78, 5) is 160. The highest BCUT2D eigenvalue weighted by Gasteiger charge is 1.84. The molecule has 0 rings (SSSR count). The zero-order chi connectivity index (χ0) is 71.3. The Kier molecular flexibility index (Phi) is 455. The Hall–Kier alpha value is -9.54. The molecule has 490 valence electrons. The molecule has 20 N–H and O–H groups in total. The van der Waals surface area contributed by atoms with Crippen LogP contribution in [0.5, 0.6) is 0 Å². The van der Waals surface area contributed by atoms with Crippen molar-refractivity contribution >= 4 is 91.3 Å². The van der Waals surface area contributed by atoms with Gasteiger partial charge in [-0.05, 0) is 42.0 Å². The highest BCUT2D eigenvalue weighted by atomic mass is 16.2. The quantitative estimate of drug-likeness (QED) is 0.0689. The number of aldehydes is 2. The number of carbonyl (C=O) groups excluding carboxylic acids is 15. The molecule has 0 aromatic heterocycles. The Balaban J connectivity index is -0.0000000254. The van der Waals surface area contributed by atoms with Gasteiger partial charge in [-0.15, -0.1) is 0 Å². The lowest BCUT2D eigenvalue weighted by atomic mass is 11.0. The van der Waals surface area contributed by atoms with Gasteiger partial charge in [0.2, 0.25) is 42.6 Å². The molecule has 0 radical (unpaired) electrons. The molecule has 0 saturated carbocycles. The van der Waals surface area contributed by atoms with Gasteiger partial charge in [0.25, 0.3) is 0 Å². The summed E-state index contributed by atoms with van der Waals surface area (Å²) in [7, 11) is 34.5. The van der Waals surface area contributed by atoms with Crippen molar-refractivity contribution in [2.45, 2.75) is 41.5 Å². The van der Waals surface area contributed by atoms with E-state index in [1.54, 1.807) is 84.6 Å². The molecule has 0 atom stereocenters. The molecule has 0 aliphatic rings. The molecule has 0 unspecified atom stereocenters. The minimum Gasteiger partial charge on any atom is -0.341 e. The van der Waals surface area contributed by atoms with Crippen molar-refractivity contribution in [3.63, 3.8) is 0 Å². The van der Waals surface area contributed by atoms with E-state index in [9.17, 15) is 28.8 Å². The number of nitrogens with one attached hydrogen (secondary N) is 12. The van der Waals surface area contributed by atoms with E-state index in [1.807, 2.05) is 27.7 Å². The lowest BCUT2D eigenvalue weighted by molar-refractivity contribution is -0.106. The molecule has 38 heteroatoms. The van der Waals surface area contributed by atoms with E-state index in [4.69, 9.17) is 43.2 Å². The minimum atomic E-state index is -0.157. The molecular weight excluding hydrogens is 1090 g/mol. The largest absolute Gasteiger partial charge is 0.341 e. The number of nitrogens with two attached hydrogens (primary N) is 4. The van der Waals surface area contributed by atoms with Crippen LogP contribution in [0.4, 0.5) is 28.8 Å². The summed E-state index contributed by atoms with van der Waals surface area (Å²) < 4.78 is 0. The van der Waals surface area contributed by atoms with E-state index in [2.05, 4.69) is 122 Å². The van der Waals surface area contributed by atoms with Crippen LogP contribution in [-0.2, 0) is 43.2 Å². The predicted octanol–water partition coefficient (Wildman–Crippen LogP) is -2.30. The third-order valence-electron chi connectivity index (χ3n) is 3.36. The fourth-order valence-corrected chi connectivity index (χ4v) is 0.750.